The summed E-state index contributed by atoms with van der Waals surface area (Å²) in [7, 11) is 1.75. The number of ether oxygens (including phenoxy) is 1. The van der Waals surface area contributed by atoms with Crippen molar-refractivity contribution in [3.05, 3.63) is 20.3 Å². The molecule has 0 amide bonds. The van der Waals surface area contributed by atoms with E-state index in [0.29, 0.717) is 18.8 Å². The Morgan fingerprint density at radius 3 is 2.62 bits per heavy atom. The molecule has 0 aromatic carbocycles. The van der Waals surface area contributed by atoms with Gasteiger partial charge in [0, 0.05) is 26.7 Å². The molecule has 11 heteroatoms. The highest BCUT2D eigenvalue weighted by atomic mass is 127. The third kappa shape index (κ3) is 7.09. The van der Waals surface area contributed by atoms with Crippen molar-refractivity contribution in [3.8, 4) is 0 Å². The van der Waals surface area contributed by atoms with Gasteiger partial charge in [0.1, 0.15) is 12.3 Å². The molecular weight excluding hydrogens is 541 g/mol. The minimum Gasteiger partial charge on any atom is -0.414 e. The first-order valence-corrected chi connectivity index (χ1v) is 14.7. The van der Waals surface area contributed by atoms with Crippen molar-refractivity contribution in [2.24, 2.45) is 10.1 Å². The Hall–Kier alpha value is -1.31. The number of oxime groups is 1. The maximum Gasteiger partial charge on any atom is 0.351 e. The summed E-state index contributed by atoms with van der Waals surface area (Å²) in [4.78, 5) is 28.7. The number of halogens is 1. The monoisotopic (exact) mass is 577 g/mol. The van der Waals surface area contributed by atoms with E-state index in [1.54, 1.807) is 17.4 Å². The number of nitrogens with zero attached hydrogens (tertiary/aromatic N) is 5. The van der Waals surface area contributed by atoms with E-state index in [4.69, 9.17) is 14.0 Å². The van der Waals surface area contributed by atoms with Crippen LogP contribution >= 0.6 is 22.6 Å². The van der Waals surface area contributed by atoms with Gasteiger partial charge in [-0.2, -0.15) is 4.98 Å². The average molecular weight is 578 g/mol. The van der Waals surface area contributed by atoms with Crippen LogP contribution in [0.25, 0.3) is 0 Å². The largest absolute Gasteiger partial charge is 0.414 e. The van der Waals surface area contributed by atoms with Gasteiger partial charge in [-0.25, -0.2) is 9.79 Å². The highest BCUT2D eigenvalue weighted by Crippen LogP contribution is 2.38. The highest BCUT2D eigenvalue weighted by Gasteiger charge is 2.43. The van der Waals surface area contributed by atoms with Gasteiger partial charge in [0.2, 0.25) is 0 Å². The molecule has 1 aliphatic heterocycles. The van der Waals surface area contributed by atoms with E-state index in [9.17, 15) is 4.79 Å². The van der Waals surface area contributed by atoms with Gasteiger partial charge in [-0.3, -0.25) is 4.57 Å². The molecule has 3 atom stereocenters. The Kier molecular flexibility index (Phi) is 9.04. The summed E-state index contributed by atoms with van der Waals surface area (Å²) >= 11 is 2.13. The lowest BCUT2D eigenvalue weighted by Gasteiger charge is -2.37. The zero-order chi connectivity index (χ0) is 24.3. The summed E-state index contributed by atoms with van der Waals surface area (Å²) < 4.78 is 14.9. The van der Waals surface area contributed by atoms with Crippen molar-refractivity contribution in [2.45, 2.75) is 77.6 Å². The molecule has 32 heavy (non-hydrogen) atoms. The van der Waals surface area contributed by atoms with Gasteiger partial charge < -0.3 is 18.9 Å². The lowest BCUT2D eigenvalue weighted by atomic mass is 10.2. The van der Waals surface area contributed by atoms with Crippen molar-refractivity contribution < 1.29 is 14.0 Å². The normalized spacial score (nSPS) is 21.8. The Bertz CT molecular complexity index is 906. The van der Waals surface area contributed by atoms with Crippen LogP contribution in [0, 0.1) is 3.57 Å². The minimum atomic E-state index is -1.97. The summed E-state index contributed by atoms with van der Waals surface area (Å²) in [6.45, 7) is 15.1. The zero-order valence-electron chi connectivity index (χ0n) is 20.5. The summed E-state index contributed by atoms with van der Waals surface area (Å²) in [5.74, 6) is 0.385. The number of rotatable bonds is 8. The lowest BCUT2D eigenvalue weighted by Crippen LogP contribution is -2.44. The number of aliphatic imine (C=N–C) groups is 1. The molecule has 1 saturated heterocycles. The van der Waals surface area contributed by atoms with Gasteiger partial charge in [0.15, 0.2) is 20.2 Å². The molecule has 0 radical (unpaired) electrons. The fourth-order valence-corrected chi connectivity index (χ4v) is 4.29. The number of hydrogen-bond acceptors (Lipinski definition) is 7. The van der Waals surface area contributed by atoms with Crippen LogP contribution in [0.5, 0.6) is 0 Å². The smallest absolute Gasteiger partial charge is 0.351 e. The molecular formula is C21H36IN5O4Si. The van der Waals surface area contributed by atoms with E-state index in [1.807, 2.05) is 27.9 Å². The summed E-state index contributed by atoms with van der Waals surface area (Å²) in [6, 6.07) is 0. The van der Waals surface area contributed by atoms with Gasteiger partial charge in [0.25, 0.3) is 0 Å². The zero-order valence-corrected chi connectivity index (χ0v) is 23.7. The standard InChI is InChI=1S/C21H36IN5O4Si/c1-14(2)25-31-16-10-18(30-17(16)12-29-32(8,9)21(3,4)5)27-11-15(22)19(24-20(27)28)23-13-26(6)7/h11,13,16-18H,10,12H2,1-9H3/t16?,17-,18-/m1/s1. The van der Waals surface area contributed by atoms with Gasteiger partial charge in [-0.15, -0.1) is 0 Å². The third-order valence-electron chi connectivity index (χ3n) is 5.58. The summed E-state index contributed by atoms with van der Waals surface area (Å²) in [6.07, 6.45) is 2.64. The molecule has 0 spiro atoms. The van der Waals surface area contributed by atoms with Gasteiger partial charge in [-0.05, 0) is 54.6 Å². The Balaban J connectivity index is 2.25. The fraction of sp³-hybridized carbons (Fsp3) is 0.714. The van der Waals surface area contributed by atoms with Crippen LogP contribution in [0.15, 0.2) is 21.1 Å². The molecule has 0 aliphatic carbocycles. The van der Waals surface area contributed by atoms with Crippen molar-refractivity contribution in [1.82, 2.24) is 14.5 Å². The van der Waals surface area contributed by atoms with Crippen molar-refractivity contribution in [2.75, 3.05) is 20.7 Å². The number of aromatic nitrogens is 2. The molecule has 0 bridgehead atoms. The lowest BCUT2D eigenvalue weighted by molar-refractivity contribution is -0.0591. The Morgan fingerprint density at radius 1 is 1.41 bits per heavy atom. The second kappa shape index (κ2) is 10.7. The molecule has 0 saturated carbocycles. The molecule has 1 aromatic heterocycles. The van der Waals surface area contributed by atoms with Gasteiger partial charge in [0.05, 0.1) is 22.2 Å². The second-order valence-electron chi connectivity index (χ2n) is 9.93. The maximum atomic E-state index is 12.7. The van der Waals surface area contributed by atoms with E-state index in [0.717, 1.165) is 9.28 Å². The van der Waals surface area contributed by atoms with Crippen LogP contribution in [-0.2, 0) is 14.0 Å². The Labute approximate surface area is 205 Å². The van der Waals surface area contributed by atoms with Crippen LogP contribution in [0.3, 0.4) is 0 Å². The topological polar surface area (TPSA) is 90.5 Å². The summed E-state index contributed by atoms with van der Waals surface area (Å²) in [5, 5.41) is 4.22. The number of hydrogen-bond donors (Lipinski definition) is 0. The molecule has 180 valence electrons. The predicted octanol–water partition coefficient (Wildman–Crippen LogP) is 4.16. The summed E-state index contributed by atoms with van der Waals surface area (Å²) in [5.41, 5.74) is 0.398. The van der Waals surface area contributed by atoms with E-state index >= 15 is 0 Å². The third-order valence-corrected chi connectivity index (χ3v) is 10.8. The van der Waals surface area contributed by atoms with Crippen LogP contribution in [0.2, 0.25) is 18.1 Å². The minimum absolute atomic E-state index is 0.0827. The average Bonchev–Trinajstić information content (AvgIpc) is 3.07. The van der Waals surface area contributed by atoms with Crippen LogP contribution < -0.4 is 5.69 Å². The van der Waals surface area contributed by atoms with Gasteiger partial charge >= 0.3 is 5.69 Å². The first-order valence-electron chi connectivity index (χ1n) is 10.7. The molecule has 1 unspecified atom stereocenters. The Morgan fingerprint density at radius 2 is 2.06 bits per heavy atom. The van der Waals surface area contributed by atoms with E-state index in [-0.39, 0.29) is 17.2 Å². The van der Waals surface area contributed by atoms with Crippen LogP contribution in [0.1, 0.15) is 47.3 Å². The molecule has 1 aromatic rings. The van der Waals surface area contributed by atoms with E-state index < -0.39 is 20.2 Å². The van der Waals surface area contributed by atoms with Crippen LogP contribution in [0.4, 0.5) is 5.82 Å². The molecule has 2 rings (SSSR count). The molecule has 1 aliphatic rings. The molecule has 1 fully saturated rings. The van der Waals surface area contributed by atoms with E-state index in [1.165, 1.54) is 4.57 Å². The van der Waals surface area contributed by atoms with E-state index in [2.05, 4.69) is 71.6 Å². The first-order chi connectivity index (χ1) is 14.7. The second-order valence-corrected chi connectivity index (χ2v) is 15.9. The van der Waals surface area contributed by atoms with Gasteiger partial charge in [-0.1, -0.05) is 25.9 Å². The predicted molar refractivity (Wildman–Crippen MR) is 138 cm³/mol. The van der Waals surface area contributed by atoms with Crippen molar-refractivity contribution in [1.29, 1.82) is 0 Å². The van der Waals surface area contributed by atoms with Crippen molar-refractivity contribution >= 4 is 48.8 Å². The van der Waals surface area contributed by atoms with Crippen LogP contribution in [-0.4, -0.2) is 67.7 Å². The van der Waals surface area contributed by atoms with Crippen molar-refractivity contribution in [3.63, 3.8) is 0 Å². The molecule has 9 nitrogen and oxygen atoms in total. The highest BCUT2D eigenvalue weighted by molar-refractivity contribution is 14.1. The maximum absolute atomic E-state index is 12.7. The SMILES string of the molecule is CC(C)=NOC1C[C@H](n2cc(I)c(N=CN(C)C)nc2=O)O[C@@H]1CO[Si](C)(C)C(C)(C)C. The first kappa shape index (κ1) is 26.9. The quantitative estimate of drug-likeness (QED) is 0.152. The molecule has 0 N–H and O–H groups in total. The molecule has 2 heterocycles. The fourth-order valence-electron chi connectivity index (χ4n) is 2.72.